The van der Waals surface area contributed by atoms with Gasteiger partial charge in [-0.2, -0.15) is 5.26 Å². The zero-order valence-electron chi connectivity index (χ0n) is 19.2. The van der Waals surface area contributed by atoms with Crippen LogP contribution in [0.15, 0.2) is 24.3 Å². The molecule has 0 radical (unpaired) electrons. The van der Waals surface area contributed by atoms with Crippen molar-refractivity contribution in [3.05, 3.63) is 29.8 Å². The number of carbonyl (C=O) groups is 1. The summed E-state index contributed by atoms with van der Waals surface area (Å²) in [5.41, 5.74) is 2.03. The summed E-state index contributed by atoms with van der Waals surface area (Å²) in [4.78, 5) is 14.2. The maximum absolute atomic E-state index is 13.7. The molecule has 4 atom stereocenters. The number of rotatable bonds is 5. The molecule has 0 spiro atoms. The summed E-state index contributed by atoms with van der Waals surface area (Å²) in [7, 11) is -3.17. The van der Waals surface area contributed by atoms with Gasteiger partial charge in [0, 0.05) is 18.5 Å². The minimum Gasteiger partial charge on any atom is -0.323 e. The molecule has 4 bridgehead atoms. The Balaban J connectivity index is 1.12. The molecule has 182 valence electrons. The van der Waals surface area contributed by atoms with Crippen LogP contribution in [-0.4, -0.2) is 62.4 Å². The third kappa shape index (κ3) is 3.44. The van der Waals surface area contributed by atoms with Crippen molar-refractivity contribution < 1.29 is 17.6 Å². The van der Waals surface area contributed by atoms with E-state index in [-0.39, 0.29) is 36.7 Å². The summed E-state index contributed by atoms with van der Waals surface area (Å²) in [6.07, 6.45) is 4.03. The lowest BCUT2D eigenvalue weighted by atomic mass is 9.68. The third-order valence-corrected chi connectivity index (χ3v) is 11.1. The molecule has 4 aliphatic carbocycles. The Labute approximate surface area is 200 Å². The molecule has 9 heteroatoms. The second-order valence-electron chi connectivity index (χ2n) is 11.0. The first-order chi connectivity index (χ1) is 16.3. The van der Waals surface area contributed by atoms with E-state index in [1.165, 1.54) is 14.8 Å². The Morgan fingerprint density at radius 1 is 1.18 bits per heavy atom. The second kappa shape index (κ2) is 7.92. The minimum atomic E-state index is -3.17. The van der Waals surface area contributed by atoms with Crippen LogP contribution in [0.5, 0.6) is 0 Å². The standard InChI is InChI=1S/C25H31FN4O3S/c26-20-10-22(13-27)29(15-20)23(31)14-28-25-11-17-8-19(25)9-18(12-25)24(17)16-2-4-21(5-3-16)30-6-1-7-34(30,32)33/h2-5,17-20,22,24,28H,1,6-12,14-15H2/t17?,18?,19?,20-,22+,24?,25?/m1/s1. The van der Waals surface area contributed by atoms with Gasteiger partial charge in [-0.25, -0.2) is 12.8 Å². The van der Waals surface area contributed by atoms with Gasteiger partial charge >= 0.3 is 0 Å². The molecule has 1 amide bonds. The number of hydrogen-bond acceptors (Lipinski definition) is 5. The summed E-state index contributed by atoms with van der Waals surface area (Å²) in [6, 6.07) is 9.57. The molecule has 1 N–H and O–H groups in total. The molecule has 1 aromatic rings. The molecule has 2 unspecified atom stereocenters. The van der Waals surface area contributed by atoms with Gasteiger partial charge in [-0.1, -0.05) is 12.1 Å². The quantitative estimate of drug-likeness (QED) is 0.691. The number of anilines is 1. The van der Waals surface area contributed by atoms with E-state index < -0.39 is 22.2 Å². The molecule has 6 aliphatic rings. The average Bonchev–Trinajstić information content (AvgIpc) is 3.51. The number of carbonyl (C=O) groups excluding carboxylic acids is 1. The van der Waals surface area contributed by atoms with E-state index in [0.29, 0.717) is 36.6 Å². The lowest BCUT2D eigenvalue weighted by Gasteiger charge is -2.40. The lowest BCUT2D eigenvalue weighted by molar-refractivity contribution is -0.130. The fourth-order valence-corrected chi connectivity index (χ4v) is 9.46. The molecular weight excluding hydrogens is 455 g/mol. The van der Waals surface area contributed by atoms with Gasteiger partial charge in [0.25, 0.3) is 0 Å². The number of halogens is 1. The maximum Gasteiger partial charge on any atom is 0.237 e. The zero-order chi connectivity index (χ0) is 23.7. The van der Waals surface area contributed by atoms with Crippen LogP contribution in [0, 0.1) is 29.1 Å². The summed E-state index contributed by atoms with van der Waals surface area (Å²) in [5.74, 6) is 2.19. The van der Waals surface area contributed by atoms with E-state index in [0.717, 1.165) is 31.4 Å². The number of nitriles is 1. The predicted octanol–water partition coefficient (Wildman–Crippen LogP) is 2.55. The number of sulfonamides is 1. The van der Waals surface area contributed by atoms with Crippen LogP contribution in [0.4, 0.5) is 10.1 Å². The summed E-state index contributed by atoms with van der Waals surface area (Å²) < 4.78 is 39.8. The van der Waals surface area contributed by atoms with Crippen molar-refractivity contribution in [1.29, 1.82) is 5.26 Å². The predicted molar refractivity (Wildman–Crippen MR) is 125 cm³/mol. The van der Waals surface area contributed by atoms with Crippen molar-refractivity contribution >= 4 is 21.6 Å². The molecule has 2 aliphatic heterocycles. The van der Waals surface area contributed by atoms with Crippen LogP contribution in [0.2, 0.25) is 0 Å². The highest BCUT2D eigenvalue weighted by Gasteiger charge is 2.61. The Bertz CT molecular complexity index is 1120. The van der Waals surface area contributed by atoms with E-state index in [4.69, 9.17) is 0 Å². The van der Waals surface area contributed by atoms with Gasteiger partial charge in [0.1, 0.15) is 12.2 Å². The van der Waals surface area contributed by atoms with E-state index in [2.05, 4.69) is 23.5 Å². The number of amides is 1. The molecule has 34 heavy (non-hydrogen) atoms. The van der Waals surface area contributed by atoms with Gasteiger partial charge < -0.3 is 10.2 Å². The van der Waals surface area contributed by atoms with Crippen molar-refractivity contribution in [1.82, 2.24) is 10.2 Å². The molecule has 2 saturated heterocycles. The Morgan fingerprint density at radius 2 is 1.88 bits per heavy atom. The van der Waals surface area contributed by atoms with E-state index in [1.54, 1.807) is 0 Å². The molecule has 7 rings (SSSR count). The summed E-state index contributed by atoms with van der Waals surface area (Å²) in [5, 5.41) is 12.8. The Hall–Kier alpha value is -2.18. The smallest absolute Gasteiger partial charge is 0.237 e. The van der Waals surface area contributed by atoms with Crippen molar-refractivity contribution in [3.63, 3.8) is 0 Å². The van der Waals surface area contributed by atoms with Gasteiger partial charge in [-0.15, -0.1) is 0 Å². The minimum absolute atomic E-state index is 0.0250. The first-order valence-corrected chi connectivity index (χ1v) is 14.1. The van der Waals surface area contributed by atoms with E-state index in [1.807, 2.05) is 12.1 Å². The maximum atomic E-state index is 13.7. The molecule has 7 nitrogen and oxygen atoms in total. The monoisotopic (exact) mass is 486 g/mol. The molecule has 1 aromatic carbocycles. The first kappa shape index (κ1) is 22.3. The van der Waals surface area contributed by atoms with Gasteiger partial charge in [-0.3, -0.25) is 9.10 Å². The molecular formula is C25H31FN4O3S. The highest BCUT2D eigenvalue weighted by molar-refractivity contribution is 7.93. The zero-order valence-corrected chi connectivity index (χ0v) is 20.0. The highest BCUT2D eigenvalue weighted by Crippen LogP contribution is 2.65. The highest BCUT2D eigenvalue weighted by atomic mass is 32.2. The van der Waals surface area contributed by atoms with Gasteiger partial charge in [-0.05, 0) is 73.5 Å². The topological polar surface area (TPSA) is 93.5 Å². The van der Waals surface area contributed by atoms with Crippen LogP contribution < -0.4 is 9.62 Å². The number of nitrogens with one attached hydrogen (secondary N) is 1. The van der Waals surface area contributed by atoms with Gasteiger partial charge in [0.05, 0.1) is 30.6 Å². The van der Waals surface area contributed by atoms with Crippen LogP contribution in [0.3, 0.4) is 0 Å². The Kier molecular flexibility index (Phi) is 5.19. The summed E-state index contributed by atoms with van der Waals surface area (Å²) in [6.45, 7) is 0.755. The third-order valence-electron chi connectivity index (χ3n) is 9.20. The number of likely N-dealkylation sites (tertiary alicyclic amines) is 1. The van der Waals surface area contributed by atoms with Crippen molar-refractivity contribution in [3.8, 4) is 6.07 Å². The van der Waals surface area contributed by atoms with Gasteiger partial charge in [0.2, 0.25) is 15.9 Å². The lowest BCUT2D eigenvalue weighted by Crippen LogP contribution is -2.52. The average molecular weight is 487 g/mol. The van der Waals surface area contributed by atoms with Crippen molar-refractivity contribution in [2.75, 3.05) is 29.7 Å². The fourth-order valence-electron chi connectivity index (χ4n) is 7.89. The van der Waals surface area contributed by atoms with Gasteiger partial charge in [0.15, 0.2) is 0 Å². The van der Waals surface area contributed by atoms with Crippen molar-refractivity contribution in [2.24, 2.45) is 17.8 Å². The van der Waals surface area contributed by atoms with Crippen LogP contribution in [0.25, 0.3) is 0 Å². The van der Waals surface area contributed by atoms with Crippen molar-refractivity contribution in [2.45, 2.75) is 62.2 Å². The fraction of sp³-hybridized carbons (Fsp3) is 0.680. The van der Waals surface area contributed by atoms with E-state index in [9.17, 15) is 22.9 Å². The van der Waals surface area contributed by atoms with E-state index >= 15 is 0 Å². The molecule has 2 heterocycles. The first-order valence-electron chi connectivity index (χ1n) is 12.5. The molecule has 0 aromatic heterocycles. The largest absolute Gasteiger partial charge is 0.323 e. The SMILES string of the molecule is N#C[C@@H]1C[C@@H](F)CN1C(=O)CNC12CC3CC1CC(C2)C3c1ccc(N2CCCS2(=O)=O)cc1. The van der Waals surface area contributed by atoms with Crippen LogP contribution in [0.1, 0.15) is 50.0 Å². The normalized spacial score (nSPS) is 39.6. The number of hydrogen-bond donors (Lipinski definition) is 1. The van der Waals surface area contributed by atoms with Crippen LogP contribution >= 0.6 is 0 Å². The van der Waals surface area contributed by atoms with Crippen LogP contribution in [-0.2, 0) is 14.8 Å². The summed E-state index contributed by atoms with van der Waals surface area (Å²) >= 11 is 0. The Morgan fingerprint density at radius 3 is 2.50 bits per heavy atom. The number of nitrogens with zero attached hydrogens (tertiary/aromatic N) is 3. The second-order valence-corrected chi connectivity index (χ2v) is 13.0. The molecule has 4 saturated carbocycles. The molecule has 6 fully saturated rings. The number of benzene rings is 1. The number of alkyl halides is 1.